The number of carbonyl (C=O) groups is 1. The first kappa shape index (κ1) is 15.7. The van der Waals surface area contributed by atoms with E-state index in [9.17, 15) is 4.79 Å². The zero-order chi connectivity index (χ0) is 14.4. The number of nitrogens with one attached hydrogen (secondary N) is 1. The van der Waals surface area contributed by atoms with Crippen molar-refractivity contribution in [2.45, 2.75) is 49.5 Å². The third-order valence-corrected chi connectivity index (χ3v) is 5.53. The predicted octanol–water partition coefficient (Wildman–Crippen LogP) is 3.96. The quantitative estimate of drug-likeness (QED) is 0.487. The van der Waals surface area contributed by atoms with E-state index < -0.39 is 0 Å². The van der Waals surface area contributed by atoms with Gasteiger partial charge in [-0.25, -0.2) is 0 Å². The number of nitrogens with two attached hydrogens (primary N) is 1. The van der Waals surface area contributed by atoms with E-state index in [0.29, 0.717) is 11.8 Å². The van der Waals surface area contributed by atoms with Crippen LogP contribution in [-0.4, -0.2) is 17.7 Å². The highest BCUT2D eigenvalue weighted by atomic mass is 79.9. The van der Waals surface area contributed by atoms with Gasteiger partial charge in [0.15, 0.2) is 0 Å². The zero-order valence-electron chi connectivity index (χ0n) is 11.5. The fourth-order valence-corrected chi connectivity index (χ4v) is 3.94. The van der Waals surface area contributed by atoms with Gasteiger partial charge in [0, 0.05) is 21.1 Å². The van der Waals surface area contributed by atoms with E-state index in [0.717, 1.165) is 27.9 Å². The topological polar surface area (TPSA) is 55.1 Å². The second-order valence-electron chi connectivity index (χ2n) is 5.23. The van der Waals surface area contributed by atoms with E-state index in [2.05, 4.69) is 21.2 Å². The van der Waals surface area contributed by atoms with Crippen LogP contribution in [0.1, 0.15) is 38.5 Å². The van der Waals surface area contributed by atoms with Crippen molar-refractivity contribution < 1.29 is 4.79 Å². The fourth-order valence-electron chi connectivity index (χ4n) is 2.47. The fraction of sp³-hybridized carbons (Fsp3) is 0.533. The molecule has 1 aromatic rings. The molecular weight excluding hydrogens is 336 g/mol. The van der Waals surface area contributed by atoms with E-state index in [4.69, 9.17) is 5.73 Å². The van der Waals surface area contributed by atoms with Gasteiger partial charge < -0.3 is 11.1 Å². The van der Waals surface area contributed by atoms with Gasteiger partial charge in [0.1, 0.15) is 0 Å². The Morgan fingerprint density at radius 3 is 2.65 bits per heavy atom. The Hall–Kier alpha value is -0.680. The lowest BCUT2D eigenvalue weighted by Gasteiger charge is -2.16. The summed E-state index contributed by atoms with van der Waals surface area (Å²) in [5.74, 6) is 0.588. The molecule has 0 bridgehead atoms. The van der Waals surface area contributed by atoms with Crippen molar-refractivity contribution in [3.63, 3.8) is 0 Å². The molecule has 0 heterocycles. The lowest BCUT2D eigenvalue weighted by Crippen LogP contribution is -2.35. The molecular formula is C15H21BrN2OS. The normalized spacial score (nSPS) is 16.6. The molecule has 0 unspecified atom stereocenters. The Kier molecular flexibility index (Phi) is 6.23. The maximum Gasteiger partial charge on any atom is 0.230 e. The number of hydrogen-bond acceptors (Lipinski definition) is 3. The molecule has 1 aromatic carbocycles. The number of nitrogen functional groups attached to an aromatic ring is 1. The lowest BCUT2D eigenvalue weighted by atomic mass is 10.1. The number of rotatable bonds is 4. The molecule has 1 fully saturated rings. The van der Waals surface area contributed by atoms with Crippen molar-refractivity contribution in [1.29, 1.82) is 0 Å². The Morgan fingerprint density at radius 1 is 1.30 bits per heavy atom. The molecule has 0 aromatic heterocycles. The minimum absolute atomic E-state index is 0.130. The van der Waals surface area contributed by atoms with Gasteiger partial charge in [-0.1, -0.05) is 25.7 Å². The first-order valence-electron chi connectivity index (χ1n) is 7.12. The monoisotopic (exact) mass is 356 g/mol. The van der Waals surface area contributed by atoms with Crippen molar-refractivity contribution >= 4 is 39.3 Å². The molecule has 1 aliphatic carbocycles. The average molecular weight is 357 g/mol. The van der Waals surface area contributed by atoms with Gasteiger partial charge >= 0.3 is 0 Å². The SMILES string of the molecule is Nc1ccc(SCC(=O)NC2CCCCCC2)c(Br)c1. The van der Waals surface area contributed by atoms with Crippen LogP contribution in [0.15, 0.2) is 27.6 Å². The summed E-state index contributed by atoms with van der Waals surface area (Å²) in [5, 5.41) is 3.16. The molecule has 1 aliphatic rings. The third kappa shape index (κ3) is 5.02. The minimum Gasteiger partial charge on any atom is -0.399 e. The van der Waals surface area contributed by atoms with Crippen molar-refractivity contribution in [3.8, 4) is 0 Å². The van der Waals surface area contributed by atoms with Crippen molar-refractivity contribution in [2.24, 2.45) is 0 Å². The van der Waals surface area contributed by atoms with Crippen LogP contribution in [-0.2, 0) is 4.79 Å². The maximum atomic E-state index is 12.0. The number of carbonyl (C=O) groups excluding carboxylic acids is 1. The van der Waals surface area contributed by atoms with Gasteiger partial charge in [0.05, 0.1) is 5.75 Å². The molecule has 3 N–H and O–H groups in total. The van der Waals surface area contributed by atoms with Gasteiger partial charge in [0.2, 0.25) is 5.91 Å². The predicted molar refractivity (Wildman–Crippen MR) is 88.9 cm³/mol. The molecule has 0 radical (unpaired) electrons. The highest BCUT2D eigenvalue weighted by molar-refractivity contribution is 9.10. The number of anilines is 1. The molecule has 20 heavy (non-hydrogen) atoms. The summed E-state index contributed by atoms with van der Waals surface area (Å²) in [6.07, 6.45) is 7.34. The highest BCUT2D eigenvalue weighted by Crippen LogP contribution is 2.29. The van der Waals surface area contributed by atoms with E-state index >= 15 is 0 Å². The first-order valence-corrected chi connectivity index (χ1v) is 8.90. The number of benzene rings is 1. The van der Waals surface area contributed by atoms with Crippen molar-refractivity contribution in [2.75, 3.05) is 11.5 Å². The number of thioether (sulfide) groups is 1. The summed E-state index contributed by atoms with van der Waals surface area (Å²) < 4.78 is 0.949. The summed E-state index contributed by atoms with van der Waals surface area (Å²) in [4.78, 5) is 13.1. The summed E-state index contributed by atoms with van der Waals surface area (Å²) in [6, 6.07) is 6.05. The third-order valence-electron chi connectivity index (χ3n) is 3.53. The Labute approximate surface area is 133 Å². The summed E-state index contributed by atoms with van der Waals surface area (Å²) >= 11 is 5.02. The van der Waals surface area contributed by atoms with Gasteiger partial charge in [-0.2, -0.15) is 0 Å². The van der Waals surface area contributed by atoms with Crippen LogP contribution in [0.2, 0.25) is 0 Å². The van der Waals surface area contributed by atoms with Crippen LogP contribution in [0, 0.1) is 0 Å². The van der Waals surface area contributed by atoms with Gasteiger partial charge in [0.25, 0.3) is 0 Å². The summed E-state index contributed by atoms with van der Waals surface area (Å²) in [7, 11) is 0. The van der Waals surface area contributed by atoms with E-state index in [1.165, 1.54) is 25.7 Å². The molecule has 5 heteroatoms. The Balaban J connectivity index is 1.79. The Morgan fingerprint density at radius 2 is 2.00 bits per heavy atom. The van der Waals surface area contributed by atoms with Gasteiger partial charge in [-0.15, -0.1) is 11.8 Å². The first-order chi connectivity index (χ1) is 9.65. The maximum absolute atomic E-state index is 12.0. The van der Waals surface area contributed by atoms with E-state index in [1.54, 1.807) is 11.8 Å². The molecule has 0 atom stereocenters. The van der Waals surface area contributed by atoms with Crippen molar-refractivity contribution in [1.82, 2.24) is 5.32 Å². The van der Waals surface area contributed by atoms with Gasteiger partial charge in [-0.3, -0.25) is 4.79 Å². The van der Waals surface area contributed by atoms with Crippen LogP contribution in [0.4, 0.5) is 5.69 Å². The molecule has 1 amide bonds. The van der Waals surface area contributed by atoms with Crippen LogP contribution in [0.5, 0.6) is 0 Å². The second kappa shape index (κ2) is 7.93. The van der Waals surface area contributed by atoms with Crippen molar-refractivity contribution in [3.05, 3.63) is 22.7 Å². The minimum atomic E-state index is 0.130. The molecule has 1 saturated carbocycles. The van der Waals surface area contributed by atoms with Crippen LogP contribution < -0.4 is 11.1 Å². The smallest absolute Gasteiger partial charge is 0.230 e. The van der Waals surface area contributed by atoms with Gasteiger partial charge in [-0.05, 0) is 47.0 Å². The zero-order valence-corrected chi connectivity index (χ0v) is 13.9. The Bertz CT molecular complexity index is 459. The molecule has 2 rings (SSSR count). The van der Waals surface area contributed by atoms with E-state index in [1.807, 2.05) is 18.2 Å². The van der Waals surface area contributed by atoms with Crippen LogP contribution in [0.25, 0.3) is 0 Å². The number of amides is 1. The molecule has 0 saturated heterocycles. The molecule has 3 nitrogen and oxygen atoms in total. The largest absolute Gasteiger partial charge is 0.399 e. The summed E-state index contributed by atoms with van der Waals surface area (Å²) in [5.41, 5.74) is 6.43. The average Bonchev–Trinajstić information content (AvgIpc) is 2.66. The highest BCUT2D eigenvalue weighted by Gasteiger charge is 2.15. The standard InChI is InChI=1S/C15H21BrN2OS/c16-13-9-11(17)7-8-14(13)20-10-15(19)18-12-5-3-1-2-4-6-12/h7-9,12H,1-6,10,17H2,(H,18,19). The summed E-state index contributed by atoms with van der Waals surface area (Å²) in [6.45, 7) is 0. The van der Waals surface area contributed by atoms with E-state index in [-0.39, 0.29) is 5.91 Å². The second-order valence-corrected chi connectivity index (χ2v) is 7.11. The molecule has 0 spiro atoms. The number of hydrogen-bond donors (Lipinski definition) is 2. The van der Waals surface area contributed by atoms with Crippen LogP contribution in [0.3, 0.4) is 0 Å². The molecule has 110 valence electrons. The lowest BCUT2D eigenvalue weighted by molar-refractivity contribution is -0.119. The number of halogens is 1. The van der Waals surface area contributed by atoms with Crippen LogP contribution >= 0.6 is 27.7 Å². The molecule has 0 aliphatic heterocycles.